The Kier molecular flexibility index (Phi) is 4.73. The summed E-state index contributed by atoms with van der Waals surface area (Å²) in [5, 5.41) is 0. The molecule has 17 heavy (non-hydrogen) atoms. The van der Waals surface area contributed by atoms with Gasteiger partial charge in [0.2, 0.25) is 0 Å². The molecule has 1 aromatic rings. The summed E-state index contributed by atoms with van der Waals surface area (Å²) in [5.41, 5.74) is 2.40. The standard InChI is InChI=1S/C15H22FN/c1-6-17(7-2)12(5)14-9-8-13(11(3)4)10-15(14)16/h8-11H,5-7H2,1-4H3. The smallest absolute Gasteiger partial charge is 0.132 e. The molecule has 0 spiro atoms. The summed E-state index contributed by atoms with van der Waals surface area (Å²) in [6.45, 7) is 13.9. The van der Waals surface area contributed by atoms with Crippen molar-refractivity contribution in [2.24, 2.45) is 0 Å². The van der Waals surface area contributed by atoms with Crippen molar-refractivity contribution in [3.05, 3.63) is 41.7 Å². The van der Waals surface area contributed by atoms with E-state index in [9.17, 15) is 4.39 Å². The number of halogens is 1. The summed E-state index contributed by atoms with van der Waals surface area (Å²) in [6.07, 6.45) is 0. The maximum absolute atomic E-state index is 14.0. The van der Waals surface area contributed by atoms with Gasteiger partial charge in [-0.05, 0) is 37.5 Å². The quantitative estimate of drug-likeness (QED) is 0.737. The van der Waals surface area contributed by atoms with Gasteiger partial charge in [0.1, 0.15) is 5.82 Å². The van der Waals surface area contributed by atoms with E-state index in [2.05, 4.69) is 39.2 Å². The molecule has 0 aliphatic rings. The average Bonchev–Trinajstić information content (AvgIpc) is 2.30. The van der Waals surface area contributed by atoms with Gasteiger partial charge in [0, 0.05) is 24.4 Å². The molecule has 0 unspecified atom stereocenters. The molecule has 94 valence electrons. The molecule has 0 fully saturated rings. The summed E-state index contributed by atoms with van der Waals surface area (Å²) in [7, 11) is 0. The Morgan fingerprint density at radius 2 is 1.88 bits per heavy atom. The SMILES string of the molecule is C=C(c1ccc(C(C)C)cc1F)N(CC)CC. The van der Waals surface area contributed by atoms with E-state index in [0.717, 1.165) is 24.4 Å². The molecular weight excluding hydrogens is 213 g/mol. The van der Waals surface area contributed by atoms with Crippen LogP contribution < -0.4 is 0 Å². The van der Waals surface area contributed by atoms with Crippen molar-refractivity contribution in [1.82, 2.24) is 4.90 Å². The van der Waals surface area contributed by atoms with E-state index in [0.29, 0.717) is 11.5 Å². The first-order valence-corrected chi connectivity index (χ1v) is 6.24. The van der Waals surface area contributed by atoms with Gasteiger partial charge >= 0.3 is 0 Å². The Balaban J connectivity index is 3.03. The second-order valence-electron chi connectivity index (χ2n) is 4.51. The minimum Gasteiger partial charge on any atom is -0.372 e. The highest BCUT2D eigenvalue weighted by Gasteiger charge is 2.12. The van der Waals surface area contributed by atoms with Crippen molar-refractivity contribution >= 4 is 5.70 Å². The summed E-state index contributed by atoms with van der Waals surface area (Å²) in [5.74, 6) is 0.174. The average molecular weight is 235 g/mol. The van der Waals surface area contributed by atoms with Crippen molar-refractivity contribution in [2.75, 3.05) is 13.1 Å². The van der Waals surface area contributed by atoms with E-state index >= 15 is 0 Å². The fourth-order valence-corrected chi connectivity index (χ4v) is 1.90. The fraction of sp³-hybridized carbons (Fsp3) is 0.467. The van der Waals surface area contributed by atoms with Crippen LogP contribution in [0.3, 0.4) is 0 Å². The van der Waals surface area contributed by atoms with Gasteiger partial charge in [0.05, 0.1) is 0 Å². The molecule has 0 heterocycles. The predicted octanol–water partition coefficient (Wildman–Crippen LogP) is 4.26. The Morgan fingerprint density at radius 1 is 1.29 bits per heavy atom. The van der Waals surface area contributed by atoms with E-state index in [-0.39, 0.29) is 5.82 Å². The summed E-state index contributed by atoms with van der Waals surface area (Å²) in [4.78, 5) is 2.06. The lowest BCUT2D eigenvalue weighted by atomic mass is 10.00. The molecule has 0 N–H and O–H groups in total. The zero-order valence-corrected chi connectivity index (χ0v) is 11.3. The molecule has 0 atom stereocenters. The molecule has 0 amide bonds. The number of hydrogen-bond acceptors (Lipinski definition) is 1. The molecule has 0 bridgehead atoms. The highest BCUT2D eigenvalue weighted by atomic mass is 19.1. The van der Waals surface area contributed by atoms with Gasteiger partial charge in [-0.1, -0.05) is 26.5 Å². The zero-order valence-electron chi connectivity index (χ0n) is 11.3. The van der Waals surface area contributed by atoms with E-state index in [1.165, 1.54) is 0 Å². The molecule has 0 aliphatic heterocycles. The van der Waals surface area contributed by atoms with Crippen molar-refractivity contribution < 1.29 is 4.39 Å². The zero-order chi connectivity index (χ0) is 13.0. The second-order valence-corrected chi connectivity index (χ2v) is 4.51. The van der Waals surface area contributed by atoms with E-state index in [4.69, 9.17) is 0 Å². The summed E-state index contributed by atoms with van der Waals surface area (Å²) >= 11 is 0. The van der Waals surface area contributed by atoms with Crippen LogP contribution in [-0.4, -0.2) is 18.0 Å². The van der Waals surface area contributed by atoms with E-state index in [1.54, 1.807) is 6.07 Å². The Labute approximate surface area is 104 Å². The second kappa shape index (κ2) is 5.85. The molecule has 1 aromatic carbocycles. The van der Waals surface area contributed by atoms with Crippen LogP contribution in [0.15, 0.2) is 24.8 Å². The topological polar surface area (TPSA) is 3.24 Å². The molecule has 1 rings (SSSR count). The largest absolute Gasteiger partial charge is 0.372 e. The van der Waals surface area contributed by atoms with Crippen LogP contribution in [0.1, 0.15) is 44.7 Å². The molecule has 1 nitrogen and oxygen atoms in total. The number of hydrogen-bond donors (Lipinski definition) is 0. The lowest BCUT2D eigenvalue weighted by Crippen LogP contribution is -2.21. The number of rotatable bonds is 5. The van der Waals surface area contributed by atoms with Gasteiger partial charge in [-0.25, -0.2) is 4.39 Å². The maximum Gasteiger partial charge on any atom is 0.132 e. The molecule has 0 saturated carbocycles. The highest BCUT2D eigenvalue weighted by molar-refractivity contribution is 5.62. The molecule has 2 heteroatoms. The van der Waals surface area contributed by atoms with Crippen LogP contribution in [-0.2, 0) is 0 Å². The Hall–Kier alpha value is -1.31. The van der Waals surface area contributed by atoms with E-state index in [1.807, 2.05) is 12.1 Å². The van der Waals surface area contributed by atoms with Gasteiger partial charge in [-0.2, -0.15) is 0 Å². The van der Waals surface area contributed by atoms with Crippen LogP contribution >= 0.6 is 0 Å². The van der Waals surface area contributed by atoms with Crippen molar-refractivity contribution in [1.29, 1.82) is 0 Å². The number of nitrogens with zero attached hydrogens (tertiary/aromatic N) is 1. The highest BCUT2D eigenvalue weighted by Crippen LogP contribution is 2.24. The minimum atomic E-state index is -0.173. The fourth-order valence-electron chi connectivity index (χ4n) is 1.90. The van der Waals surface area contributed by atoms with Gasteiger partial charge in [0.15, 0.2) is 0 Å². The summed E-state index contributed by atoms with van der Waals surface area (Å²) in [6, 6.07) is 5.44. The Bertz CT molecular complexity index is 392. The lowest BCUT2D eigenvalue weighted by molar-refractivity contribution is 0.439. The Morgan fingerprint density at radius 3 is 2.29 bits per heavy atom. The molecule has 0 aromatic heterocycles. The first kappa shape index (κ1) is 13.8. The molecule has 0 aliphatic carbocycles. The van der Waals surface area contributed by atoms with Crippen LogP contribution in [0.4, 0.5) is 4.39 Å². The summed E-state index contributed by atoms with van der Waals surface area (Å²) < 4.78 is 14.0. The van der Waals surface area contributed by atoms with E-state index < -0.39 is 0 Å². The van der Waals surface area contributed by atoms with Gasteiger partial charge in [-0.3, -0.25) is 0 Å². The first-order chi connectivity index (χ1) is 8.01. The maximum atomic E-state index is 14.0. The van der Waals surface area contributed by atoms with Crippen molar-refractivity contribution in [3.63, 3.8) is 0 Å². The van der Waals surface area contributed by atoms with Gasteiger partial charge in [0.25, 0.3) is 0 Å². The normalized spacial score (nSPS) is 10.7. The van der Waals surface area contributed by atoms with Crippen LogP contribution in [0, 0.1) is 5.82 Å². The molecule has 0 radical (unpaired) electrons. The predicted molar refractivity (Wildman–Crippen MR) is 72.4 cm³/mol. The van der Waals surface area contributed by atoms with Gasteiger partial charge in [-0.15, -0.1) is 0 Å². The monoisotopic (exact) mass is 235 g/mol. The lowest BCUT2D eigenvalue weighted by Gasteiger charge is -2.24. The first-order valence-electron chi connectivity index (χ1n) is 6.24. The van der Waals surface area contributed by atoms with Crippen molar-refractivity contribution in [3.8, 4) is 0 Å². The minimum absolute atomic E-state index is 0.173. The van der Waals surface area contributed by atoms with Crippen LogP contribution in [0.5, 0.6) is 0 Å². The third-order valence-corrected chi connectivity index (χ3v) is 3.12. The van der Waals surface area contributed by atoms with Crippen molar-refractivity contribution in [2.45, 2.75) is 33.6 Å². The molecular formula is C15H22FN. The van der Waals surface area contributed by atoms with Crippen LogP contribution in [0.2, 0.25) is 0 Å². The van der Waals surface area contributed by atoms with Gasteiger partial charge < -0.3 is 4.90 Å². The third-order valence-electron chi connectivity index (χ3n) is 3.12. The third kappa shape index (κ3) is 3.09. The molecule has 0 saturated heterocycles. The number of benzene rings is 1. The van der Waals surface area contributed by atoms with Crippen LogP contribution in [0.25, 0.3) is 5.70 Å².